The third kappa shape index (κ3) is 3.54. The van der Waals surface area contributed by atoms with Gasteiger partial charge in [0.25, 0.3) is 0 Å². The molecule has 0 fully saturated rings. The molecule has 1 aromatic rings. The smallest absolute Gasteiger partial charge is 0.209 e. The molecule has 0 amide bonds. The number of aliphatic hydroxyl groups is 3. The lowest BCUT2D eigenvalue weighted by Gasteiger charge is -2.59. The van der Waals surface area contributed by atoms with Crippen LogP contribution in [0.1, 0.15) is 89.2 Å². The van der Waals surface area contributed by atoms with E-state index in [0.717, 1.165) is 37.3 Å². The predicted octanol–water partition coefficient (Wildman–Crippen LogP) is 5.33. The number of phenols is 1. The minimum atomic E-state index is -2.58. The average molecular weight is 525 g/mol. The Morgan fingerprint density at radius 3 is 2.21 bits per heavy atom. The number of rotatable bonds is 6. The number of carbonyl (C=O) groups is 3. The fraction of sp³-hybridized carbons (Fsp3) is 0.581. The van der Waals surface area contributed by atoms with Gasteiger partial charge >= 0.3 is 0 Å². The standard InChI is InChI=1S/C31H40O7/c1-8-17(9-2)12-18-10-11-20(33)22-19(18)13-29(6)14-30(7)23(15(3)4)25(34)21(16(5)32)27(36)31(30,38)28(37)24(29)26(22)35/h10-11,15,17,23,33-34,37-38H,8-9,12-14H2,1-7H3/t23?,29-,30-,31+/m1/s1. The van der Waals surface area contributed by atoms with Crippen LogP contribution in [0.25, 0.3) is 0 Å². The maximum atomic E-state index is 14.1. The van der Waals surface area contributed by atoms with Crippen LogP contribution < -0.4 is 0 Å². The molecule has 4 N–H and O–H groups in total. The number of carbonyl (C=O) groups excluding carboxylic acids is 3. The van der Waals surface area contributed by atoms with E-state index in [0.29, 0.717) is 12.3 Å². The average Bonchev–Trinajstić information content (AvgIpc) is 2.80. The van der Waals surface area contributed by atoms with Crippen molar-refractivity contribution in [1.82, 2.24) is 0 Å². The third-order valence-corrected chi connectivity index (χ3v) is 9.65. The Morgan fingerprint density at radius 1 is 1.08 bits per heavy atom. The zero-order valence-corrected chi connectivity index (χ0v) is 23.4. The lowest BCUT2D eigenvalue weighted by atomic mass is 9.44. The minimum absolute atomic E-state index is 0.0912. The van der Waals surface area contributed by atoms with Crippen molar-refractivity contribution in [2.75, 3.05) is 0 Å². The molecule has 3 aliphatic rings. The summed E-state index contributed by atoms with van der Waals surface area (Å²) in [6.45, 7) is 12.5. The van der Waals surface area contributed by atoms with E-state index in [2.05, 4.69) is 13.8 Å². The first kappa shape index (κ1) is 28.1. The number of benzene rings is 1. The zero-order chi connectivity index (χ0) is 28.5. The van der Waals surface area contributed by atoms with E-state index in [9.17, 15) is 34.8 Å². The molecule has 0 aromatic heterocycles. The Bertz CT molecular complexity index is 1300. The number of fused-ring (bicyclic) bond motifs is 3. The molecule has 1 aromatic carbocycles. The molecule has 7 heteroatoms. The topological polar surface area (TPSA) is 132 Å². The lowest BCUT2D eigenvalue weighted by molar-refractivity contribution is -0.171. The van der Waals surface area contributed by atoms with Crippen molar-refractivity contribution in [2.24, 2.45) is 28.6 Å². The molecule has 4 rings (SSSR count). The molecule has 0 bridgehead atoms. The molecule has 206 valence electrons. The summed E-state index contributed by atoms with van der Waals surface area (Å²) in [7, 11) is 0. The van der Waals surface area contributed by atoms with Gasteiger partial charge in [-0.15, -0.1) is 0 Å². The Hall–Kier alpha value is -2.93. The molecule has 0 radical (unpaired) electrons. The van der Waals surface area contributed by atoms with E-state index in [-0.39, 0.29) is 35.0 Å². The van der Waals surface area contributed by atoms with Gasteiger partial charge in [0.1, 0.15) is 22.8 Å². The quantitative estimate of drug-likeness (QED) is 0.370. The van der Waals surface area contributed by atoms with Crippen LogP contribution in [0.15, 0.2) is 34.8 Å². The van der Waals surface area contributed by atoms with E-state index >= 15 is 0 Å². The van der Waals surface area contributed by atoms with Gasteiger partial charge in [0.15, 0.2) is 17.2 Å². The second kappa shape index (κ2) is 9.08. The summed E-state index contributed by atoms with van der Waals surface area (Å²) in [5.41, 5.74) is -3.86. The van der Waals surface area contributed by atoms with Crippen LogP contribution in [0.5, 0.6) is 5.75 Å². The van der Waals surface area contributed by atoms with Crippen molar-refractivity contribution >= 4 is 17.3 Å². The predicted molar refractivity (Wildman–Crippen MR) is 143 cm³/mol. The number of hydrogen-bond donors (Lipinski definition) is 4. The highest BCUT2D eigenvalue weighted by Crippen LogP contribution is 2.65. The van der Waals surface area contributed by atoms with E-state index < -0.39 is 51.0 Å². The fourth-order valence-electron chi connectivity index (χ4n) is 7.87. The molecule has 3 aliphatic carbocycles. The first-order chi connectivity index (χ1) is 17.6. The van der Waals surface area contributed by atoms with Crippen LogP contribution in [0.4, 0.5) is 0 Å². The van der Waals surface area contributed by atoms with Gasteiger partial charge < -0.3 is 20.4 Å². The summed E-state index contributed by atoms with van der Waals surface area (Å²) >= 11 is 0. The maximum absolute atomic E-state index is 14.1. The summed E-state index contributed by atoms with van der Waals surface area (Å²) < 4.78 is 0. The van der Waals surface area contributed by atoms with Gasteiger partial charge in [0.05, 0.1) is 5.56 Å². The monoisotopic (exact) mass is 524 g/mol. The van der Waals surface area contributed by atoms with Gasteiger partial charge in [-0.25, -0.2) is 0 Å². The summed E-state index contributed by atoms with van der Waals surface area (Å²) in [5.74, 6) is -4.53. The van der Waals surface area contributed by atoms with Crippen molar-refractivity contribution in [1.29, 1.82) is 0 Å². The largest absolute Gasteiger partial charge is 0.511 e. The molecule has 0 spiro atoms. The molecule has 1 unspecified atom stereocenters. The summed E-state index contributed by atoms with van der Waals surface area (Å²) in [5, 5.41) is 45.8. The molecule has 0 saturated heterocycles. The number of phenolic OH excluding ortho intramolecular Hbond substituents is 1. The third-order valence-electron chi connectivity index (χ3n) is 9.65. The Kier molecular flexibility index (Phi) is 6.71. The van der Waals surface area contributed by atoms with Crippen LogP contribution in [0.3, 0.4) is 0 Å². The van der Waals surface area contributed by atoms with Gasteiger partial charge in [-0.1, -0.05) is 60.5 Å². The maximum Gasteiger partial charge on any atom is 0.209 e. The molecule has 0 aliphatic heterocycles. The number of ketones is 3. The first-order valence-corrected chi connectivity index (χ1v) is 13.6. The van der Waals surface area contributed by atoms with Crippen molar-refractivity contribution in [2.45, 2.75) is 86.2 Å². The number of allylic oxidation sites excluding steroid dienone is 2. The number of aliphatic hydroxyl groups excluding tert-OH is 2. The van der Waals surface area contributed by atoms with E-state index in [1.165, 1.54) is 6.07 Å². The van der Waals surface area contributed by atoms with Crippen molar-refractivity contribution < 1.29 is 34.8 Å². The minimum Gasteiger partial charge on any atom is -0.511 e. The molecule has 4 atom stereocenters. The second-order valence-electron chi connectivity index (χ2n) is 12.4. The highest BCUT2D eigenvalue weighted by molar-refractivity contribution is 6.25. The zero-order valence-electron chi connectivity index (χ0n) is 23.4. The SMILES string of the molecule is CCC(CC)Cc1ccc(O)c2c1C[C@]1(C)C[C@]3(C)C(C(C)C)C(O)=C(C(C)=O)C(=O)[C@]3(O)C(O)=C1C2=O. The molecule has 38 heavy (non-hydrogen) atoms. The van der Waals surface area contributed by atoms with Crippen LogP contribution in [0.2, 0.25) is 0 Å². The van der Waals surface area contributed by atoms with Crippen LogP contribution in [-0.2, 0) is 22.4 Å². The van der Waals surface area contributed by atoms with Gasteiger partial charge in [0.2, 0.25) is 5.78 Å². The van der Waals surface area contributed by atoms with E-state index in [1.807, 2.05) is 26.8 Å². The Morgan fingerprint density at radius 2 is 1.68 bits per heavy atom. The van der Waals surface area contributed by atoms with Gasteiger partial charge in [0, 0.05) is 22.3 Å². The van der Waals surface area contributed by atoms with Crippen molar-refractivity contribution in [3.05, 3.63) is 51.5 Å². The van der Waals surface area contributed by atoms with Gasteiger partial charge in [-0.3, -0.25) is 14.4 Å². The molecule has 0 saturated carbocycles. The molecule has 7 nitrogen and oxygen atoms in total. The second-order valence-corrected chi connectivity index (χ2v) is 12.4. The van der Waals surface area contributed by atoms with E-state index in [4.69, 9.17) is 0 Å². The van der Waals surface area contributed by atoms with Gasteiger partial charge in [-0.05, 0) is 55.2 Å². The summed E-state index contributed by atoms with van der Waals surface area (Å²) in [6.07, 6.45) is 3.09. The molecular weight excluding hydrogens is 484 g/mol. The van der Waals surface area contributed by atoms with Gasteiger partial charge in [-0.2, -0.15) is 0 Å². The fourth-order valence-corrected chi connectivity index (χ4v) is 7.87. The van der Waals surface area contributed by atoms with Crippen molar-refractivity contribution in [3.8, 4) is 5.75 Å². The first-order valence-electron chi connectivity index (χ1n) is 13.6. The normalized spacial score (nSPS) is 31.1. The van der Waals surface area contributed by atoms with E-state index in [1.54, 1.807) is 6.92 Å². The summed E-state index contributed by atoms with van der Waals surface area (Å²) in [4.78, 5) is 40.2. The molecular formula is C31H40O7. The highest BCUT2D eigenvalue weighted by atomic mass is 16.3. The Labute approximate surface area is 224 Å². The van der Waals surface area contributed by atoms with Crippen LogP contribution in [-0.4, -0.2) is 43.4 Å². The van der Waals surface area contributed by atoms with Crippen LogP contribution in [0, 0.1) is 28.6 Å². The number of hydrogen-bond acceptors (Lipinski definition) is 7. The number of aromatic hydroxyl groups is 1. The lowest BCUT2D eigenvalue weighted by Crippen LogP contribution is -2.67. The number of Topliss-reactive ketones (excluding diaryl/α,β-unsaturated/α-hetero) is 3. The van der Waals surface area contributed by atoms with Crippen molar-refractivity contribution in [3.63, 3.8) is 0 Å². The summed E-state index contributed by atoms with van der Waals surface area (Å²) in [6, 6.07) is 3.35. The Balaban J connectivity index is 2.02. The van der Waals surface area contributed by atoms with Crippen LogP contribution >= 0.6 is 0 Å². The molecule has 0 heterocycles. The highest BCUT2D eigenvalue weighted by Gasteiger charge is 2.71.